The lowest BCUT2D eigenvalue weighted by Crippen LogP contribution is -2.05. The van der Waals surface area contributed by atoms with E-state index in [0.29, 0.717) is 0 Å². The average Bonchev–Trinajstić information content (AvgIpc) is 1.58. The molecule has 0 bridgehead atoms. The lowest BCUT2D eigenvalue weighted by molar-refractivity contribution is -0.0428. The molecule has 0 aromatic heterocycles. The quantitative estimate of drug-likeness (QED) is 0.461. The highest BCUT2D eigenvalue weighted by atomic mass is 31.1. The molecule has 0 saturated heterocycles. The molecule has 0 aromatic rings. The van der Waals surface area contributed by atoms with Crippen molar-refractivity contribution in [2.24, 2.45) is 0 Å². The Morgan fingerprint density at radius 2 is 1.50 bits per heavy atom. The highest BCUT2D eigenvalue weighted by Gasteiger charge is 2.06. The molecule has 0 aromatic carbocycles. The highest BCUT2D eigenvalue weighted by molar-refractivity contribution is 7.33. The normalized spacial score (nSPS) is 20.0. The molecule has 0 saturated carbocycles. The van der Waals surface area contributed by atoms with Crippen molar-refractivity contribution in [2.45, 2.75) is 26.4 Å². The van der Waals surface area contributed by atoms with Crippen molar-refractivity contribution < 1.29 is 23.8 Å². The van der Waals surface area contributed by atoms with Gasteiger partial charge in [-0.25, -0.2) is 0 Å². The summed E-state index contributed by atoms with van der Waals surface area (Å²) in [4.78, 5) is 0. The third-order valence-corrected chi connectivity index (χ3v) is 1.60. The summed E-state index contributed by atoms with van der Waals surface area (Å²) < 4.78 is 19.0. The Labute approximate surface area is 59.5 Å². The van der Waals surface area contributed by atoms with Gasteiger partial charge in [0.05, 0.1) is 0 Å². The Morgan fingerprint density at radius 3 is 1.70 bits per heavy atom. The van der Waals surface area contributed by atoms with Gasteiger partial charge in [-0.05, 0) is 13.8 Å². The van der Waals surface area contributed by atoms with E-state index >= 15 is 0 Å². The highest BCUT2D eigenvalue weighted by Crippen LogP contribution is 2.26. The molecule has 2 N–H and O–H groups in total. The second-order valence-corrected chi connectivity index (χ2v) is 2.66. The largest absolute Gasteiger partial charge is 0.368 e. The first-order chi connectivity index (χ1) is 4.52. The first-order valence-electron chi connectivity index (χ1n) is 2.75. The smallest absolute Gasteiger partial charge is 0.323 e. The average molecular weight is 170 g/mol. The van der Waals surface area contributed by atoms with Gasteiger partial charge in [0.1, 0.15) is 0 Å². The van der Waals surface area contributed by atoms with E-state index in [0.717, 1.165) is 0 Å². The van der Waals surface area contributed by atoms with Gasteiger partial charge in [-0.1, -0.05) is 0 Å². The molecule has 0 aliphatic heterocycles. The number of hydrogen-bond acceptors (Lipinski definition) is 5. The zero-order chi connectivity index (χ0) is 8.15. The van der Waals surface area contributed by atoms with Gasteiger partial charge in [0, 0.05) is 0 Å². The van der Waals surface area contributed by atoms with Crippen molar-refractivity contribution in [3.8, 4) is 0 Å². The molecule has 6 heteroatoms. The zero-order valence-electron chi connectivity index (χ0n) is 5.77. The van der Waals surface area contributed by atoms with E-state index in [1.807, 2.05) is 0 Å². The number of aliphatic hydroxyl groups excluding tert-OH is 2. The van der Waals surface area contributed by atoms with Crippen LogP contribution in [0.3, 0.4) is 0 Å². The molecular formula is C4H11O5P. The number of rotatable bonds is 4. The second-order valence-electron chi connectivity index (χ2n) is 1.68. The van der Waals surface area contributed by atoms with Crippen molar-refractivity contribution in [1.82, 2.24) is 0 Å². The molecule has 0 fully saturated rings. The Bertz CT molecular complexity index is 100. The Kier molecular flexibility index (Phi) is 4.85. The van der Waals surface area contributed by atoms with Gasteiger partial charge in [-0.2, -0.15) is 0 Å². The molecule has 62 valence electrons. The van der Waals surface area contributed by atoms with Gasteiger partial charge < -0.3 is 10.2 Å². The molecule has 0 heterocycles. The Morgan fingerprint density at radius 1 is 1.20 bits per heavy atom. The molecule has 0 amide bonds. The van der Waals surface area contributed by atoms with Gasteiger partial charge in [-0.3, -0.25) is 13.6 Å². The van der Waals surface area contributed by atoms with E-state index < -0.39 is 20.8 Å². The monoisotopic (exact) mass is 170 g/mol. The van der Waals surface area contributed by atoms with Crippen LogP contribution in [0.4, 0.5) is 0 Å². The standard InChI is InChI=1S/C4H11O5P/c1-3(5)8-10(7)9-4(2)6/h3-6,10H,1-2H3. The fourth-order valence-electron chi connectivity index (χ4n) is 0.306. The fourth-order valence-corrected chi connectivity index (χ4v) is 0.919. The maximum absolute atomic E-state index is 10.5. The molecule has 0 radical (unpaired) electrons. The third-order valence-electron chi connectivity index (χ3n) is 0.534. The molecular weight excluding hydrogens is 159 g/mol. The van der Waals surface area contributed by atoms with Crippen LogP contribution in [0.2, 0.25) is 0 Å². The van der Waals surface area contributed by atoms with Crippen LogP contribution in [0.25, 0.3) is 0 Å². The number of hydrogen-bond donors (Lipinski definition) is 2. The van der Waals surface area contributed by atoms with E-state index in [2.05, 4.69) is 9.05 Å². The summed E-state index contributed by atoms with van der Waals surface area (Å²) in [5.41, 5.74) is 0. The van der Waals surface area contributed by atoms with Crippen LogP contribution in [0.5, 0.6) is 0 Å². The van der Waals surface area contributed by atoms with Gasteiger partial charge >= 0.3 is 8.25 Å². The first kappa shape index (κ1) is 10.1. The van der Waals surface area contributed by atoms with E-state index in [9.17, 15) is 4.57 Å². The summed E-state index contributed by atoms with van der Waals surface area (Å²) in [5, 5.41) is 17.0. The summed E-state index contributed by atoms with van der Waals surface area (Å²) >= 11 is 0. The predicted octanol–water partition coefficient (Wildman–Crippen LogP) is 0.0859. The van der Waals surface area contributed by atoms with Crippen LogP contribution in [-0.4, -0.2) is 22.8 Å². The topological polar surface area (TPSA) is 76.0 Å². The second kappa shape index (κ2) is 4.82. The molecule has 2 atom stereocenters. The van der Waals surface area contributed by atoms with Crippen molar-refractivity contribution in [3.05, 3.63) is 0 Å². The molecule has 10 heavy (non-hydrogen) atoms. The molecule has 0 spiro atoms. The van der Waals surface area contributed by atoms with Gasteiger partial charge in [0.15, 0.2) is 12.6 Å². The zero-order valence-corrected chi connectivity index (χ0v) is 6.77. The summed E-state index contributed by atoms with van der Waals surface area (Å²) in [6, 6.07) is 0. The van der Waals surface area contributed by atoms with Crippen molar-refractivity contribution in [3.63, 3.8) is 0 Å². The first-order valence-corrected chi connectivity index (χ1v) is 3.98. The Hall–Kier alpha value is 0.0700. The number of aliphatic hydroxyl groups is 2. The van der Waals surface area contributed by atoms with Crippen molar-refractivity contribution in [2.75, 3.05) is 0 Å². The molecule has 0 rings (SSSR count). The lowest BCUT2D eigenvalue weighted by atomic mass is 10.8. The minimum Gasteiger partial charge on any atom is -0.368 e. The van der Waals surface area contributed by atoms with E-state index in [-0.39, 0.29) is 0 Å². The minimum atomic E-state index is -2.74. The van der Waals surface area contributed by atoms with Gasteiger partial charge in [-0.15, -0.1) is 0 Å². The van der Waals surface area contributed by atoms with Crippen LogP contribution in [0, 0.1) is 0 Å². The maximum Gasteiger partial charge on any atom is 0.323 e. The SMILES string of the molecule is CC(O)O[PH](=O)OC(C)O. The van der Waals surface area contributed by atoms with E-state index in [4.69, 9.17) is 10.2 Å². The maximum atomic E-state index is 10.5. The van der Waals surface area contributed by atoms with Crippen LogP contribution in [0.15, 0.2) is 0 Å². The van der Waals surface area contributed by atoms with Crippen molar-refractivity contribution in [1.29, 1.82) is 0 Å². The van der Waals surface area contributed by atoms with Crippen LogP contribution >= 0.6 is 8.25 Å². The minimum absolute atomic E-state index is 1.13. The molecule has 0 aliphatic carbocycles. The van der Waals surface area contributed by atoms with E-state index in [1.54, 1.807) is 0 Å². The molecule has 5 nitrogen and oxygen atoms in total. The third kappa shape index (κ3) is 6.19. The Balaban J connectivity index is 3.44. The molecule has 0 aliphatic rings. The van der Waals surface area contributed by atoms with Crippen LogP contribution < -0.4 is 0 Å². The van der Waals surface area contributed by atoms with Crippen LogP contribution in [-0.2, 0) is 13.6 Å². The van der Waals surface area contributed by atoms with Gasteiger partial charge in [0.2, 0.25) is 0 Å². The fraction of sp³-hybridized carbons (Fsp3) is 1.00. The van der Waals surface area contributed by atoms with Crippen LogP contribution in [0.1, 0.15) is 13.8 Å². The van der Waals surface area contributed by atoms with Gasteiger partial charge in [0.25, 0.3) is 0 Å². The summed E-state index contributed by atoms with van der Waals surface area (Å²) in [6.45, 7) is 2.60. The van der Waals surface area contributed by atoms with E-state index in [1.165, 1.54) is 13.8 Å². The predicted molar refractivity (Wildman–Crippen MR) is 34.5 cm³/mol. The summed E-state index contributed by atoms with van der Waals surface area (Å²) in [7, 11) is -2.74. The lowest BCUT2D eigenvalue weighted by Gasteiger charge is -2.08. The molecule has 2 unspecified atom stereocenters. The van der Waals surface area contributed by atoms with Crippen molar-refractivity contribution >= 4 is 8.25 Å². The summed E-state index contributed by atoms with van der Waals surface area (Å²) in [5.74, 6) is 0. The summed E-state index contributed by atoms with van der Waals surface area (Å²) in [6.07, 6.45) is -2.27.